The molecule has 1 unspecified atom stereocenters. The Bertz CT molecular complexity index is 1660. The summed E-state index contributed by atoms with van der Waals surface area (Å²) < 4.78 is 22.8. The maximum atomic E-state index is 13.1. The van der Waals surface area contributed by atoms with Crippen LogP contribution >= 0.6 is 0 Å². The number of anilines is 1. The molecule has 3 amide bonds. The third-order valence-corrected chi connectivity index (χ3v) is 7.63. The van der Waals surface area contributed by atoms with Gasteiger partial charge in [-0.1, -0.05) is 35.5 Å². The van der Waals surface area contributed by atoms with Crippen molar-refractivity contribution in [3.8, 4) is 17.2 Å². The van der Waals surface area contributed by atoms with E-state index in [9.17, 15) is 14.4 Å². The van der Waals surface area contributed by atoms with Crippen molar-refractivity contribution in [2.75, 3.05) is 32.2 Å². The molecule has 1 aromatic heterocycles. The predicted octanol–water partition coefficient (Wildman–Crippen LogP) is 4.96. The summed E-state index contributed by atoms with van der Waals surface area (Å²) in [5.41, 5.74) is 7.34. The first kappa shape index (κ1) is 35.7. The summed E-state index contributed by atoms with van der Waals surface area (Å²) >= 11 is 0. The van der Waals surface area contributed by atoms with Crippen molar-refractivity contribution >= 4 is 34.5 Å². The summed E-state index contributed by atoms with van der Waals surface area (Å²) in [6, 6.07) is 19.2. The number of aromatic nitrogens is 1. The number of rotatable bonds is 17. The second-order valence-electron chi connectivity index (χ2n) is 11.9. The molecule has 0 bridgehead atoms. The lowest BCUT2D eigenvalue weighted by Crippen LogP contribution is -2.47. The third-order valence-electron chi connectivity index (χ3n) is 7.63. The Balaban J connectivity index is 1.27. The molecular weight excluding hydrogens is 614 g/mol. The maximum Gasteiger partial charge on any atom is 0.254 e. The highest BCUT2D eigenvalue weighted by Gasteiger charge is 2.24. The smallest absolute Gasteiger partial charge is 0.254 e. The first-order valence-corrected chi connectivity index (χ1v) is 16.1. The molecule has 0 saturated carbocycles. The zero-order chi connectivity index (χ0) is 34.6. The number of carbonyl (C=O) groups is 3. The van der Waals surface area contributed by atoms with Gasteiger partial charge in [0.05, 0.1) is 32.3 Å². The largest absolute Gasteiger partial charge is 0.493 e. The first-order valence-electron chi connectivity index (χ1n) is 16.1. The van der Waals surface area contributed by atoms with Crippen LogP contribution in [-0.4, -0.2) is 72.8 Å². The molecule has 4 aromatic rings. The number of carbonyl (C=O) groups excluding carboxylic acids is 3. The van der Waals surface area contributed by atoms with Crippen molar-refractivity contribution in [1.82, 2.24) is 15.4 Å². The molecule has 48 heavy (non-hydrogen) atoms. The van der Waals surface area contributed by atoms with Crippen LogP contribution in [0.5, 0.6) is 17.2 Å². The number of nitrogens with zero attached hydrogens (tertiary/aromatic N) is 2. The van der Waals surface area contributed by atoms with Gasteiger partial charge in [-0.15, -0.1) is 0 Å². The molecule has 0 spiro atoms. The van der Waals surface area contributed by atoms with Crippen molar-refractivity contribution in [2.24, 2.45) is 5.73 Å². The Morgan fingerprint density at radius 1 is 0.896 bits per heavy atom. The predicted molar refractivity (Wildman–Crippen MR) is 183 cm³/mol. The number of unbranched alkanes of at least 4 members (excludes halogenated alkanes) is 1. The molecule has 3 aromatic carbocycles. The second kappa shape index (κ2) is 17.2. The zero-order valence-corrected chi connectivity index (χ0v) is 28.2. The maximum absolute atomic E-state index is 13.1. The monoisotopic (exact) mass is 659 g/mol. The molecule has 0 aliphatic carbocycles. The minimum Gasteiger partial charge on any atom is -0.493 e. The van der Waals surface area contributed by atoms with Crippen LogP contribution in [0.4, 0.5) is 5.82 Å². The van der Waals surface area contributed by atoms with Gasteiger partial charge in [-0.05, 0) is 76.4 Å². The van der Waals surface area contributed by atoms with E-state index in [1.54, 1.807) is 43.5 Å². The summed E-state index contributed by atoms with van der Waals surface area (Å²) in [7, 11) is 1.56. The molecule has 12 nitrogen and oxygen atoms in total. The third kappa shape index (κ3) is 9.47. The molecule has 1 heterocycles. The van der Waals surface area contributed by atoms with Crippen LogP contribution in [0.2, 0.25) is 0 Å². The van der Waals surface area contributed by atoms with E-state index in [1.165, 1.54) is 0 Å². The van der Waals surface area contributed by atoms with Crippen LogP contribution in [0.15, 0.2) is 71.3 Å². The number of nitrogens with two attached hydrogens (primary N) is 1. The number of methoxy groups -OCH3 is 1. The summed E-state index contributed by atoms with van der Waals surface area (Å²) in [5, 5.41) is 10.0. The lowest BCUT2D eigenvalue weighted by molar-refractivity contribution is -0.125. The molecule has 0 fully saturated rings. The lowest BCUT2D eigenvalue weighted by atomic mass is 10.1. The summed E-state index contributed by atoms with van der Waals surface area (Å²) in [6.45, 7) is 8.65. The van der Waals surface area contributed by atoms with Crippen molar-refractivity contribution in [3.63, 3.8) is 0 Å². The summed E-state index contributed by atoms with van der Waals surface area (Å²) in [6.07, 6.45) is 1.74. The molecule has 0 aliphatic heterocycles. The lowest BCUT2D eigenvalue weighted by Gasteiger charge is -2.31. The van der Waals surface area contributed by atoms with E-state index < -0.39 is 17.9 Å². The quantitative estimate of drug-likeness (QED) is 0.133. The molecule has 256 valence electrons. The van der Waals surface area contributed by atoms with Gasteiger partial charge >= 0.3 is 0 Å². The van der Waals surface area contributed by atoms with Crippen molar-refractivity contribution in [3.05, 3.63) is 77.9 Å². The molecule has 4 N–H and O–H groups in total. The normalized spacial score (nSPS) is 11.8. The highest BCUT2D eigenvalue weighted by atomic mass is 16.5. The topological polar surface area (TPSA) is 158 Å². The van der Waals surface area contributed by atoms with E-state index in [4.69, 9.17) is 24.5 Å². The average Bonchev–Trinajstić information content (AvgIpc) is 3.47. The number of hydrogen-bond acceptors (Lipinski definition) is 9. The van der Waals surface area contributed by atoms with Gasteiger partial charge in [-0.25, -0.2) is 0 Å². The van der Waals surface area contributed by atoms with E-state index in [-0.39, 0.29) is 36.8 Å². The molecule has 0 aliphatic rings. The minimum atomic E-state index is -0.850. The molecule has 4 rings (SSSR count). The van der Waals surface area contributed by atoms with E-state index in [0.29, 0.717) is 47.0 Å². The molecule has 0 saturated heterocycles. The van der Waals surface area contributed by atoms with Gasteiger partial charge < -0.3 is 40.0 Å². The van der Waals surface area contributed by atoms with Crippen LogP contribution in [0.1, 0.15) is 56.5 Å². The van der Waals surface area contributed by atoms with Crippen LogP contribution in [-0.2, 0) is 16.0 Å². The molecule has 12 heteroatoms. The molecule has 1 atom stereocenters. The SMILES string of the molecule is COc1cc(C(=O)N(C(C)C)C(C)C)ccc1OCCCCOc1ccc2c(NC(=O)C(Cc3ccccc3)NC(=O)CN)noc2c1. The fourth-order valence-corrected chi connectivity index (χ4v) is 5.32. The van der Waals surface area contributed by atoms with Crippen molar-refractivity contribution in [1.29, 1.82) is 0 Å². The minimum absolute atomic E-state index is 0.0488. The van der Waals surface area contributed by atoms with Crippen LogP contribution in [0.25, 0.3) is 11.0 Å². The van der Waals surface area contributed by atoms with Crippen LogP contribution < -0.4 is 30.6 Å². The highest BCUT2D eigenvalue weighted by molar-refractivity contribution is 6.02. The Morgan fingerprint density at radius 2 is 1.60 bits per heavy atom. The van der Waals surface area contributed by atoms with Gasteiger partial charge in [-0.3, -0.25) is 14.4 Å². The number of nitrogens with one attached hydrogen (secondary N) is 2. The van der Waals surface area contributed by atoms with Gasteiger partial charge in [-0.2, -0.15) is 0 Å². The number of ether oxygens (including phenoxy) is 3. The summed E-state index contributed by atoms with van der Waals surface area (Å²) in [5.74, 6) is 0.982. The van der Waals surface area contributed by atoms with Gasteiger partial charge in [0.1, 0.15) is 11.8 Å². The first-order chi connectivity index (χ1) is 23.1. The number of amides is 3. The summed E-state index contributed by atoms with van der Waals surface area (Å²) in [4.78, 5) is 40.0. The zero-order valence-electron chi connectivity index (χ0n) is 28.2. The average molecular weight is 660 g/mol. The van der Waals surface area contributed by atoms with Crippen molar-refractivity contribution in [2.45, 2.75) is 65.1 Å². The Hall–Kier alpha value is -5.10. The van der Waals surface area contributed by atoms with E-state index >= 15 is 0 Å². The van der Waals surface area contributed by atoms with Gasteiger partial charge in [0.2, 0.25) is 11.8 Å². The van der Waals surface area contributed by atoms with Crippen molar-refractivity contribution < 1.29 is 33.1 Å². The Labute approximate surface area is 280 Å². The van der Waals surface area contributed by atoms with Gasteiger partial charge in [0.15, 0.2) is 22.9 Å². The number of benzene rings is 3. The van der Waals surface area contributed by atoms with Gasteiger partial charge in [0, 0.05) is 30.1 Å². The van der Waals surface area contributed by atoms with E-state index in [2.05, 4.69) is 15.8 Å². The number of fused-ring (bicyclic) bond motifs is 1. The van der Waals surface area contributed by atoms with Crippen LogP contribution in [0.3, 0.4) is 0 Å². The van der Waals surface area contributed by atoms with Gasteiger partial charge in [0.25, 0.3) is 5.91 Å². The van der Waals surface area contributed by atoms with E-state index in [0.717, 1.165) is 18.4 Å². The number of hydrogen-bond donors (Lipinski definition) is 3. The second-order valence-corrected chi connectivity index (χ2v) is 11.9. The fraction of sp³-hybridized carbons (Fsp3) is 0.389. The van der Waals surface area contributed by atoms with E-state index in [1.807, 2.05) is 62.9 Å². The standard InChI is InChI=1S/C36H45N5O7/c1-23(2)41(24(3)4)36(44)26-13-16-30(32(20-26)45-5)47-18-10-9-17-46-27-14-15-28-31(21-27)48-40-34(28)39-35(43)29(38-33(42)22-37)19-25-11-7-6-8-12-25/h6-8,11-16,20-21,23-24,29H,9-10,17-19,22,37H2,1-5H3,(H,38,42)(H,39,40,43). The fourth-order valence-electron chi connectivity index (χ4n) is 5.32. The highest BCUT2D eigenvalue weighted by Crippen LogP contribution is 2.30. The van der Waals surface area contributed by atoms with Crippen LogP contribution in [0, 0.1) is 0 Å². The Morgan fingerprint density at radius 3 is 2.27 bits per heavy atom. The Kier molecular flexibility index (Phi) is 12.8. The molecular formula is C36H45N5O7. The molecule has 0 radical (unpaired) electrons.